The van der Waals surface area contributed by atoms with E-state index in [1.165, 1.54) is 0 Å². The molecule has 0 N–H and O–H groups in total. The van der Waals surface area contributed by atoms with Crippen molar-refractivity contribution >= 4 is 5.97 Å². The summed E-state index contributed by atoms with van der Waals surface area (Å²) in [5.74, 6) is 0.263. The van der Waals surface area contributed by atoms with Crippen LogP contribution >= 0.6 is 0 Å². The predicted octanol–water partition coefficient (Wildman–Crippen LogP) is 7.55. The van der Waals surface area contributed by atoms with Gasteiger partial charge in [-0.2, -0.15) is 0 Å². The van der Waals surface area contributed by atoms with Gasteiger partial charge in [-0.1, -0.05) is 84.9 Å². The first-order valence-corrected chi connectivity index (χ1v) is 11.1. The molecule has 4 aromatic carbocycles. The third kappa shape index (κ3) is 5.89. The normalized spacial score (nSPS) is 11.1. The van der Waals surface area contributed by atoms with Gasteiger partial charge < -0.3 is 9.47 Å². The van der Waals surface area contributed by atoms with E-state index in [1.54, 1.807) is 6.07 Å². The molecule has 4 rings (SSSR count). The number of hydrogen-bond acceptors (Lipinski definition) is 3. The average Bonchev–Trinajstić information content (AvgIpc) is 2.83. The van der Waals surface area contributed by atoms with E-state index < -0.39 is 5.60 Å². The van der Waals surface area contributed by atoms with Crippen LogP contribution in [0.25, 0.3) is 22.3 Å². The summed E-state index contributed by atoms with van der Waals surface area (Å²) < 4.78 is 11.7. The third-order valence-corrected chi connectivity index (χ3v) is 5.16. The Morgan fingerprint density at radius 1 is 0.697 bits per heavy atom. The van der Waals surface area contributed by atoms with Gasteiger partial charge in [0.1, 0.15) is 18.0 Å². The number of ether oxygens (including phenoxy) is 2. The lowest BCUT2D eigenvalue weighted by atomic mass is 9.96. The molecule has 3 heteroatoms. The van der Waals surface area contributed by atoms with Crippen molar-refractivity contribution in [1.29, 1.82) is 0 Å². The van der Waals surface area contributed by atoms with Gasteiger partial charge in [0.05, 0.1) is 5.56 Å². The summed E-state index contributed by atoms with van der Waals surface area (Å²) >= 11 is 0. The minimum Gasteiger partial charge on any atom is -0.489 e. The Bertz CT molecular complexity index is 1210. The molecule has 3 nitrogen and oxygen atoms in total. The van der Waals surface area contributed by atoms with Crippen molar-refractivity contribution in [3.05, 3.63) is 114 Å². The fraction of sp³-hybridized carbons (Fsp3) is 0.167. The highest BCUT2D eigenvalue weighted by molar-refractivity contribution is 5.98. The van der Waals surface area contributed by atoms with Crippen molar-refractivity contribution in [2.45, 2.75) is 33.0 Å². The monoisotopic (exact) mass is 436 g/mol. The number of carbonyl (C=O) groups is 1. The van der Waals surface area contributed by atoms with Crippen LogP contribution in [-0.4, -0.2) is 11.6 Å². The molecule has 0 fully saturated rings. The summed E-state index contributed by atoms with van der Waals surface area (Å²) in [6, 6.07) is 34.0. The lowest BCUT2D eigenvalue weighted by Gasteiger charge is -2.21. The zero-order valence-corrected chi connectivity index (χ0v) is 19.2. The van der Waals surface area contributed by atoms with Crippen molar-refractivity contribution in [2.24, 2.45) is 0 Å². The van der Waals surface area contributed by atoms with Gasteiger partial charge in [-0.3, -0.25) is 0 Å². The molecule has 0 heterocycles. The van der Waals surface area contributed by atoms with Crippen LogP contribution in [0.1, 0.15) is 36.7 Å². The van der Waals surface area contributed by atoms with Crippen LogP contribution in [0.15, 0.2) is 103 Å². The molecule has 0 aliphatic heterocycles. The fourth-order valence-corrected chi connectivity index (χ4v) is 3.58. The van der Waals surface area contributed by atoms with Gasteiger partial charge in [-0.05, 0) is 66.8 Å². The highest BCUT2D eigenvalue weighted by Gasteiger charge is 2.22. The molecule has 4 aromatic rings. The van der Waals surface area contributed by atoms with Crippen LogP contribution in [0.5, 0.6) is 5.75 Å². The minimum absolute atomic E-state index is 0.366. The van der Waals surface area contributed by atoms with Crippen LogP contribution < -0.4 is 4.74 Å². The van der Waals surface area contributed by atoms with Crippen molar-refractivity contribution < 1.29 is 14.3 Å². The van der Waals surface area contributed by atoms with Gasteiger partial charge in [0, 0.05) is 0 Å². The SMILES string of the molecule is CC(C)(C)OC(=O)c1cc(OCc2ccccc2)ccc1-c1ccc(-c2ccccc2)cc1. The van der Waals surface area contributed by atoms with E-state index >= 15 is 0 Å². The van der Waals surface area contributed by atoms with E-state index in [2.05, 4.69) is 24.3 Å². The smallest absolute Gasteiger partial charge is 0.339 e. The molecular formula is C30H28O3. The number of carbonyl (C=O) groups excluding carboxylic acids is 1. The Morgan fingerprint density at radius 2 is 1.27 bits per heavy atom. The van der Waals surface area contributed by atoms with Crippen molar-refractivity contribution in [1.82, 2.24) is 0 Å². The van der Waals surface area contributed by atoms with Gasteiger partial charge >= 0.3 is 5.97 Å². The Hall–Kier alpha value is -3.85. The van der Waals surface area contributed by atoms with Crippen LogP contribution in [0.4, 0.5) is 0 Å². The summed E-state index contributed by atoms with van der Waals surface area (Å²) in [6.07, 6.45) is 0. The number of benzene rings is 4. The third-order valence-electron chi connectivity index (χ3n) is 5.16. The summed E-state index contributed by atoms with van der Waals surface area (Å²) in [5.41, 5.74) is 5.01. The molecule has 0 unspecified atom stereocenters. The molecule has 0 spiro atoms. The standard InChI is InChI=1S/C30H28O3/c1-30(2,3)33-29(31)28-20-26(32-21-22-10-6-4-7-11-22)18-19-27(28)25-16-14-24(15-17-25)23-12-8-5-9-13-23/h4-20H,21H2,1-3H3. The quantitative estimate of drug-likeness (QED) is 0.293. The van der Waals surface area contributed by atoms with Gasteiger partial charge in [-0.15, -0.1) is 0 Å². The summed E-state index contributed by atoms with van der Waals surface area (Å²) in [7, 11) is 0. The average molecular weight is 437 g/mol. The van der Waals surface area contributed by atoms with E-state index in [0.717, 1.165) is 27.8 Å². The zero-order valence-electron chi connectivity index (χ0n) is 19.2. The fourth-order valence-electron chi connectivity index (χ4n) is 3.58. The second-order valence-electron chi connectivity index (χ2n) is 8.93. The molecule has 33 heavy (non-hydrogen) atoms. The van der Waals surface area contributed by atoms with Gasteiger partial charge in [-0.25, -0.2) is 4.79 Å². The van der Waals surface area contributed by atoms with Gasteiger partial charge in [0.2, 0.25) is 0 Å². The van der Waals surface area contributed by atoms with E-state index in [0.29, 0.717) is 17.9 Å². The molecule has 0 saturated carbocycles. The molecule has 0 aromatic heterocycles. The van der Waals surface area contributed by atoms with Crippen LogP contribution in [0.3, 0.4) is 0 Å². The Morgan fingerprint density at radius 3 is 1.91 bits per heavy atom. The lowest BCUT2D eigenvalue weighted by molar-refractivity contribution is 0.00700. The number of hydrogen-bond donors (Lipinski definition) is 0. The molecular weight excluding hydrogens is 408 g/mol. The number of rotatable bonds is 6. The van der Waals surface area contributed by atoms with Crippen LogP contribution in [0, 0.1) is 0 Å². The zero-order chi connectivity index (χ0) is 23.3. The first kappa shape index (κ1) is 22.3. The largest absolute Gasteiger partial charge is 0.489 e. The van der Waals surface area contributed by atoms with Gasteiger partial charge in [0.25, 0.3) is 0 Å². The molecule has 0 saturated heterocycles. The maximum atomic E-state index is 13.1. The molecule has 0 aliphatic carbocycles. The molecule has 0 radical (unpaired) electrons. The first-order valence-electron chi connectivity index (χ1n) is 11.1. The Labute approximate surface area is 195 Å². The lowest BCUT2D eigenvalue weighted by Crippen LogP contribution is -2.24. The number of esters is 1. The van der Waals surface area contributed by atoms with E-state index in [4.69, 9.17) is 9.47 Å². The topological polar surface area (TPSA) is 35.5 Å². The van der Waals surface area contributed by atoms with Crippen LogP contribution in [0.2, 0.25) is 0 Å². The van der Waals surface area contributed by atoms with Crippen LogP contribution in [-0.2, 0) is 11.3 Å². The molecule has 0 amide bonds. The maximum absolute atomic E-state index is 13.1. The maximum Gasteiger partial charge on any atom is 0.339 e. The molecule has 0 atom stereocenters. The second kappa shape index (κ2) is 9.74. The van der Waals surface area contributed by atoms with Crippen molar-refractivity contribution in [3.63, 3.8) is 0 Å². The summed E-state index contributed by atoms with van der Waals surface area (Å²) in [4.78, 5) is 13.1. The van der Waals surface area contributed by atoms with E-state index in [1.807, 2.05) is 93.6 Å². The second-order valence-corrected chi connectivity index (χ2v) is 8.93. The Balaban J connectivity index is 1.65. The van der Waals surface area contributed by atoms with E-state index in [9.17, 15) is 4.79 Å². The molecule has 166 valence electrons. The molecule has 0 bridgehead atoms. The first-order chi connectivity index (χ1) is 15.9. The van der Waals surface area contributed by atoms with E-state index in [-0.39, 0.29) is 5.97 Å². The highest BCUT2D eigenvalue weighted by atomic mass is 16.6. The van der Waals surface area contributed by atoms with Crippen molar-refractivity contribution in [2.75, 3.05) is 0 Å². The summed E-state index contributed by atoms with van der Waals surface area (Å²) in [5, 5.41) is 0. The molecule has 0 aliphatic rings. The van der Waals surface area contributed by atoms with Gasteiger partial charge in [0.15, 0.2) is 0 Å². The highest BCUT2D eigenvalue weighted by Crippen LogP contribution is 2.31. The summed E-state index contributed by atoms with van der Waals surface area (Å²) in [6.45, 7) is 6.04. The minimum atomic E-state index is -0.591. The Kier molecular flexibility index (Phi) is 6.60. The van der Waals surface area contributed by atoms with Crippen molar-refractivity contribution in [3.8, 4) is 28.0 Å². The predicted molar refractivity (Wildman–Crippen MR) is 133 cm³/mol.